The van der Waals surface area contributed by atoms with E-state index in [4.69, 9.17) is 16.1 Å². The molecule has 7 heteroatoms. The lowest BCUT2D eigenvalue weighted by atomic mass is 10.2. The molecule has 7 nitrogen and oxygen atoms in total. The number of nitrogens with two attached hydrogens (primary N) is 1. The van der Waals surface area contributed by atoms with Crippen LogP contribution in [0.4, 0.5) is 5.82 Å². The van der Waals surface area contributed by atoms with Gasteiger partial charge in [-0.2, -0.15) is 10.4 Å². The molecule has 0 bridgehead atoms. The van der Waals surface area contributed by atoms with Crippen LogP contribution in [0.3, 0.4) is 0 Å². The zero-order chi connectivity index (χ0) is 13.3. The summed E-state index contributed by atoms with van der Waals surface area (Å²) in [5.74, 6) is -1.50. The molecule has 0 atom stereocenters. The minimum absolute atomic E-state index is 0.125. The Hall–Kier alpha value is -3.01. The van der Waals surface area contributed by atoms with E-state index < -0.39 is 11.7 Å². The first-order valence-corrected chi connectivity index (χ1v) is 4.85. The number of rotatable bonds is 2. The van der Waals surface area contributed by atoms with Crippen molar-refractivity contribution >= 4 is 11.8 Å². The number of aromatic carboxylic acids is 1. The molecule has 0 aliphatic carbocycles. The molecule has 0 aliphatic rings. The first kappa shape index (κ1) is 11.5. The summed E-state index contributed by atoms with van der Waals surface area (Å²) >= 11 is 0. The van der Waals surface area contributed by atoms with Crippen molar-refractivity contribution in [3.05, 3.63) is 35.5 Å². The zero-order valence-electron chi connectivity index (χ0n) is 9.03. The number of carboxylic acid groups (broad SMARTS) is 1. The Morgan fingerprint density at radius 2 is 2.22 bits per heavy atom. The summed E-state index contributed by atoms with van der Waals surface area (Å²) in [4.78, 5) is 10.7. The second-order valence-corrected chi connectivity index (χ2v) is 3.47. The number of phenols is 1. The van der Waals surface area contributed by atoms with Crippen molar-refractivity contribution in [2.45, 2.75) is 0 Å². The van der Waals surface area contributed by atoms with Gasteiger partial charge in [-0.25, -0.2) is 9.48 Å². The van der Waals surface area contributed by atoms with E-state index in [9.17, 15) is 9.90 Å². The Morgan fingerprint density at radius 1 is 1.50 bits per heavy atom. The van der Waals surface area contributed by atoms with Crippen molar-refractivity contribution in [1.29, 1.82) is 5.26 Å². The van der Waals surface area contributed by atoms with Gasteiger partial charge in [0.1, 0.15) is 28.8 Å². The van der Waals surface area contributed by atoms with Gasteiger partial charge in [-0.05, 0) is 12.1 Å². The molecule has 0 fully saturated rings. The van der Waals surface area contributed by atoms with E-state index in [1.807, 2.05) is 6.07 Å². The van der Waals surface area contributed by atoms with Crippen LogP contribution < -0.4 is 5.73 Å². The Morgan fingerprint density at radius 3 is 2.72 bits per heavy atom. The van der Waals surface area contributed by atoms with Gasteiger partial charge in [0.05, 0.1) is 11.9 Å². The van der Waals surface area contributed by atoms with Gasteiger partial charge in [0.25, 0.3) is 0 Å². The van der Waals surface area contributed by atoms with E-state index in [1.54, 1.807) is 0 Å². The fourth-order valence-electron chi connectivity index (χ4n) is 1.48. The van der Waals surface area contributed by atoms with Gasteiger partial charge in [-0.1, -0.05) is 0 Å². The highest BCUT2D eigenvalue weighted by molar-refractivity contribution is 5.91. The molecular weight excluding hydrogens is 236 g/mol. The quantitative estimate of drug-likeness (QED) is 0.715. The van der Waals surface area contributed by atoms with E-state index in [1.165, 1.54) is 29.1 Å². The molecule has 0 saturated carbocycles. The average Bonchev–Trinajstić information content (AvgIpc) is 2.69. The molecule has 18 heavy (non-hydrogen) atoms. The molecule has 2 rings (SSSR count). The number of aromatic hydroxyl groups is 1. The molecule has 4 N–H and O–H groups in total. The molecule has 0 saturated heterocycles. The van der Waals surface area contributed by atoms with Crippen LogP contribution in [-0.4, -0.2) is 26.0 Å². The summed E-state index contributed by atoms with van der Waals surface area (Å²) in [6, 6.07) is 5.76. The molecule has 1 aromatic carbocycles. The van der Waals surface area contributed by atoms with Crippen LogP contribution >= 0.6 is 0 Å². The highest BCUT2D eigenvalue weighted by Gasteiger charge is 2.13. The van der Waals surface area contributed by atoms with E-state index in [2.05, 4.69) is 5.10 Å². The maximum Gasteiger partial charge on any atom is 0.339 e. The number of hydrogen-bond donors (Lipinski definition) is 3. The molecular formula is C11H8N4O3. The van der Waals surface area contributed by atoms with Crippen molar-refractivity contribution in [3.8, 4) is 17.5 Å². The summed E-state index contributed by atoms with van der Waals surface area (Å²) in [5.41, 5.74) is 6.03. The maximum atomic E-state index is 10.7. The average molecular weight is 244 g/mol. The molecule has 2 aromatic rings. The molecule has 1 aromatic heterocycles. The monoisotopic (exact) mass is 244 g/mol. The molecule has 0 aliphatic heterocycles. The SMILES string of the molecule is N#Cc1cnn(-c2ccc(C(=O)O)c(O)c2)c1N. The predicted octanol–water partition coefficient (Wildman–Crippen LogP) is 0.730. The number of nitrogens with zero attached hydrogens (tertiary/aromatic N) is 3. The predicted molar refractivity (Wildman–Crippen MR) is 61.3 cm³/mol. The summed E-state index contributed by atoms with van der Waals surface area (Å²) in [5, 5.41) is 30.9. The topological polar surface area (TPSA) is 125 Å². The Bertz CT molecular complexity index is 669. The van der Waals surface area contributed by atoms with E-state index in [-0.39, 0.29) is 16.9 Å². The van der Waals surface area contributed by atoms with Gasteiger partial charge >= 0.3 is 5.97 Å². The Labute approximate surface area is 101 Å². The number of hydrogen-bond acceptors (Lipinski definition) is 5. The fraction of sp³-hybridized carbons (Fsp3) is 0. The third-order valence-corrected chi connectivity index (χ3v) is 2.38. The Kier molecular flexibility index (Phi) is 2.61. The highest BCUT2D eigenvalue weighted by Crippen LogP contribution is 2.23. The normalized spacial score (nSPS) is 9.94. The number of benzene rings is 1. The first-order valence-electron chi connectivity index (χ1n) is 4.85. The number of anilines is 1. The Balaban J connectivity index is 2.53. The van der Waals surface area contributed by atoms with Crippen LogP contribution in [0.5, 0.6) is 5.75 Å². The van der Waals surface area contributed by atoms with E-state index >= 15 is 0 Å². The van der Waals surface area contributed by atoms with Gasteiger partial charge in [-0.15, -0.1) is 0 Å². The minimum Gasteiger partial charge on any atom is -0.507 e. The van der Waals surface area contributed by atoms with Crippen LogP contribution in [0.2, 0.25) is 0 Å². The molecule has 0 spiro atoms. The standard InChI is InChI=1S/C11H8N4O3/c12-4-6-5-14-15(10(6)13)7-1-2-8(11(17)18)9(16)3-7/h1-3,5,16H,13H2,(H,17,18). The lowest BCUT2D eigenvalue weighted by Crippen LogP contribution is -2.04. The maximum absolute atomic E-state index is 10.7. The van der Waals surface area contributed by atoms with Crippen molar-refractivity contribution in [2.75, 3.05) is 5.73 Å². The van der Waals surface area contributed by atoms with Gasteiger partial charge in [0.2, 0.25) is 0 Å². The zero-order valence-corrected chi connectivity index (χ0v) is 9.03. The molecule has 90 valence electrons. The third-order valence-electron chi connectivity index (χ3n) is 2.38. The van der Waals surface area contributed by atoms with Gasteiger partial charge < -0.3 is 15.9 Å². The molecule has 0 unspecified atom stereocenters. The lowest BCUT2D eigenvalue weighted by Gasteiger charge is -2.06. The van der Waals surface area contributed by atoms with Crippen molar-refractivity contribution in [3.63, 3.8) is 0 Å². The minimum atomic E-state index is -1.23. The van der Waals surface area contributed by atoms with Crippen LogP contribution in [0.25, 0.3) is 5.69 Å². The van der Waals surface area contributed by atoms with E-state index in [0.717, 1.165) is 0 Å². The van der Waals surface area contributed by atoms with Gasteiger partial charge in [-0.3, -0.25) is 0 Å². The summed E-state index contributed by atoms with van der Waals surface area (Å²) < 4.78 is 1.24. The number of carboxylic acids is 1. The van der Waals surface area contributed by atoms with E-state index in [0.29, 0.717) is 5.69 Å². The third kappa shape index (κ3) is 1.72. The lowest BCUT2D eigenvalue weighted by molar-refractivity contribution is 0.0694. The second kappa shape index (κ2) is 4.10. The second-order valence-electron chi connectivity index (χ2n) is 3.47. The van der Waals surface area contributed by atoms with Crippen LogP contribution in [0, 0.1) is 11.3 Å². The number of carbonyl (C=O) groups is 1. The van der Waals surface area contributed by atoms with Crippen molar-refractivity contribution in [1.82, 2.24) is 9.78 Å². The number of nitriles is 1. The van der Waals surface area contributed by atoms with Gasteiger partial charge in [0.15, 0.2) is 0 Å². The summed E-state index contributed by atoms with van der Waals surface area (Å²) in [7, 11) is 0. The highest BCUT2D eigenvalue weighted by atomic mass is 16.4. The van der Waals surface area contributed by atoms with Crippen LogP contribution in [-0.2, 0) is 0 Å². The number of aromatic nitrogens is 2. The first-order chi connectivity index (χ1) is 8.54. The van der Waals surface area contributed by atoms with Crippen LogP contribution in [0.15, 0.2) is 24.4 Å². The fourth-order valence-corrected chi connectivity index (χ4v) is 1.48. The molecule has 0 radical (unpaired) electrons. The smallest absolute Gasteiger partial charge is 0.339 e. The van der Waals surface area contributed by atoms with Crippen molar-refractivity contribution in [2.24, 2.45) is 0 Å². The van der Waals surface area contributed by atoms with Gasteiger partial charge in [0, 0.05) is 6.07 Å². The van der Waals surface area contributed by atoms with Crippen LogP contribution in [0.1, 0.15) is 15.9 Å². The molecule has 0 amide bonds. The summed E-state index contributed by atoms with van der Waals surface area (Å²) in [6.07, 6.45) is 1.29. The molecule has 1 heterocycles. The summed E-state index contributed by atoms with van der Waals surface area (Å²) in [6.45, 7) is 0. The number of nitrogen functional groups attached to an aromatic ring is 1. The van der Waals surface area contributed by atoms with Crippen molar-refractivity contribution < 1.29 is 15.0 Å². The largest absolute Gasteiger partial charge is 0.507 e.